The van der Waals surface area contributed by atoms with Crippen LogP contribution < -0.4 is 5.32 Å². The number of para-hydroxylation sites is 1. The lowest BCUT2D eigenvalue weighted by Crippen LogP contribution is -2.43. The predicted molar refractivity (Wildman–Crippen MR) is 105 cm³/mol. The average Bonchev–Trinajstić information content (AvgIpc) is 3.34. The molecule has 2 amide bonds. The van der Waals surface area contributed by atoms with Crippen molar-refractivity contribution in [2.45, 2.75) is 12.5 Å². The summed E-state index contributed by atoms with van der Waals surface area (Å²) in [5.74, 6) is 0. The van der Waals surface area contributed by atoms with Gasteiger partial charge in [0.1, 0.15) is 0 Å². The highest BCUT2D eigenvalue weighted by molar-refractivity contribution is 6.09. The van der Waals surface area contributed by atoms with Crippen LogP contribution in [-0.2, 0) is 9.47 Å². The number of hydrogen-bond donors (Lipinski definition) is 1. The number of morpholine rings is 1. The Morgan fingerprint density at radius 3 is 2.59 bits per heavy atom. The van der Waals surface area contributed by atoms with E-state index in [1.54, 1.807) is 4.90 Å². The number of carbonyl (C=O) groups excluding carboxylic acids is 1. The van der Waals surface area contributed by atoms with Gasteiger partial charge in [-0.25, -0.2) is 4.79 Å². The summed E-state index contributed by atoms with van der Waals surface area (Å²) in [6.07, 6.45) is 1.03. The van der Waals surface area contributed by atoms with Crippen molar-refractivity contribution in [2.24, 2.45) is 0 Å². The van der Waals surface area contributed by atoms with E-state index in [1.165, 1.54) is 16.4 Å². The van der Waals surface area contributed by atoms with Crippen LogP contribution in [0.3, 0.4) is 0 Å². The molecule has 2 fully saturated rings. The highest BCUT2D eigenvalue weighted by Crippen LogP contribution is 2.35. The molecule has 0 bridgehead atoms. The number of carbonyl (C=O) groups is 1. The van der Waals surface area contributed by atoms with Crippen LogP contribution in [0.5, 0.6) is 0 Å². The molecule has 0 aliphatic carbocycles. The molecule has 27 heavy (non-hydrogen) atoms. The second-order valence-corrected chi connectivity index (χ2v) is 7.17. The minimum Gasteiger partial charge on any atom is -0.379 e. The molecule has 0 radical (unpaired) electrons. The van der Waals surface area contributed by atoms with Gasteiger partial charge in [0.05, 0.1) is 25.9 Å². The van der Waals surface area contributed by atoms with Crippen molar-refractivity contribution in [1.29, 1.82) is 0 Å². The van der Waals surface area contributed by atoms with Gasteiger partial charge in [0.25, 0.3) is 0 Å². The van der Waals surface area contributed by atoms with Gasteiger partial charge in [0, 0.05) is 47.2 Å². The number of hydrogen-bond acceptors (Lipinski definition) is 3. The zero-order valence-electron chi connectivity index (χ0n) is 15.2. The molecule has 5 rings (SSSR count). The second-order valence-electron chi connectivity index (χ2n) is 7.17. The van der Waals surface area contributed by atoms with Crippen LogP contribution in [0.2, 0.25) is 0 Å². The number of aromatic nitrogens is 1. The molecular formula is C21H23N3O3. The first-order valence-corrected chi connectivity index (χ1v) is 9.55. The number of urea groups is 1. The fraction of sp³-hybridized carbons (Fsp3) is 0.381. The maximum atomic E-state index is 12.5. The van der Waals surface area contributed by atoms with Gasteiger partial charge in [-0.2, -0.15) is 0 Å². The van der Waals surface area contributed by atoms with Gasteiger partial charge in [0.15, 0.2) is 0 Å². The number of nitrogens with zero attached hydrogens (tertiary/aromatic N) is 2. The van der Waals surface area contributed by atoms with Gasteiger partial charge < -0.3 is 24.3 Å². The zero-order chi connectivity index (χ0) is 18.2. The monoisotopic (exact) mass is 365 g/mol. The molecular weight excluding hydrogens is 342 g/mol. The number of nitrogens with one attached hydrogen (secondary N) is 1. The lowest BCUT2D eigenvalue weighted by Gasteiger charge is -2.26. The largest absolute Gasteiger partial charge is 0.379 e. The minimum atomic E-state index is -0.0643. The first kappa shape index (κ1) is 16.6. The number of amides is 2. The topological polar surface area (TPSA) is 55.7 Å². The van der Waals surface area contributed by atoms with E-state index >= 15 is 0 Å². The lowest BCUT2D eigenvalue weighted by molar-refractivity contribution is 0.0564. The Labute approximate surface area is 157 Å². The molecule has 6 nitrogen and oxygen atoms in total. The molecule has 3 heterocycles. The SMILES string of the molecule is O=C(Nc1ccc2c(c1)c1ccccc1n2C1CCOC1)N1CCOCC1. The van der Waals surface area contributed by atoms with Crippen LogP contribution in [0.15, 0.2) is 42.5 Å². The Bertz CT molecular complexity index is 985. The summed E-state index contributed by atoms with van der Waals surface area (Å²) in [5, 5.41) is 5.42. The molecule has 2 aromatic carbocycles. The summed E-state index contributed by atoms with van der Waals surface area (Å²) in [7, 11) is 0. The van der Waals surface area contributed by atoms with E-state index in [4.69, 9.17) is 9.47 Å². The standard InChI is InChI=1S/C21H23N3O3/c25-21(23-8-11-26-12-9-23)22-15-5-6-20-18(13-15)17-3-1-2-4-19(17)24(20)16-7-10-27-14-16/h1-6,13,16H,7-12,14H2,(H,22,25). The molecule has 140 valence electrons. The Morgan fingerprint density at radius 1 is 0.963 bits per heavy atom. The third-order valence-corrected chi connectivity index (χ3v) is 5.53. The van der Waals surface area contributed by atoms with Crippen molar-refractivity contribution in [3.8, 4) is 0 Å². The molecule has 1 aromatic heterocycles. The Kier molecular flexibility index (Phi) is 4.22. The normalized spacial score (nSPS) is 20.4. The van der Waals surface area contributed by atoms with Crippen LogP contribution in [0.4, 0.5) is 10.5 Å². The predicted octanol–water partition coefficient (Wildman–Crippen LogP) is 3.62. The highest BCUT2D eigenvalue weighted by Gasteiger charge is 2.23. The van der Waals surface area contributed by atoms with Crippen molar-refractivity contribution < 1.29 is 14.3 Å². The van der Waals surface area contributed by atoms with E-state index in [2.05, 4.69) is 46.3 Å². The molecule has 0 saturated carbocycles. The zero-order valence-corrected chi connectivity index (χ0v) is 15.2. The van der Waals surface area contributed by atoms with E-state index in [1.807, 2.05) is 6.07 Å². The fourth-order valence-electron chi connectivity index (χ4n) is 4.17. The third kappa shape index (κ3) is 2.95. The number of ether oxygens (including phenoxy) is 2. The highest BCUT2D eigenvalue weighted by atomic mass is 16.5. The number of fused-ring (bicyclic) bond motifs is 3. The molecule has 3 aromatic rings. The van der Waals surface area contributed by atoms with Gasteiger partial charge in [-0.3, -0.25) is 0 Å². The first-order valence-electron chi connectivity index (χ1n) is 9.55. The van der Waals surface area contributed by atoms with Crippen LogP contribution >= 0.6 is 0 Å². The summed E-state index contributed by atoms with van der Waals surface area (Å²) in [6, 6.07) is 14.9. The number of rotatable bonds is 2. The van der Waals surface area contributed by atoms with Crippen molar-refractivity contribution in [2.75, 3.05) is 44.8 Å². The smallest absolute Gasteiger partial charge is 0.321 e. The summed E-state index contributed by atoms with van der Waals surface area (Å²) >= 11 is 0. The van der Waals surface area contributed by atoms with Gasteiger partial charge in [0.2, 0.25) is 0 Å². The summed E-state index contributed by atoms with van der Waals surface area (Å²) < 4.78 is 13.3. The number of anilines is 1. The molecule has 2 saturated heterocycles. The molecule has 0 spiro atoms. The van der Waals surface area contributed by atoms with E-state index in [0.717, 1.165) is 30.7 Å². The molecule has 6 heteroatoms. The molecule has 1 atom stereocenters. The maximum absolute atomic E-state index is 12.5. The third-order valence-electron chi connectivity index (χ3n) is 5.53. The molecule has 1 N–H and O–H groups in total. The van der Waals surface area contributed by atoms with E-state index in [9.17, 15) is 4.79 Å². The van der Waals surface area contributed by atoms with Crippen molar-refractivity contribution in [1.82, 2.24) is 9.47 Å². The van der Waals surface area contributed by atoms with Crippen molar-refractivity contribution >= 4 is 33.5 Å². The number of benzene rings is 2. The first-order chi connectivity index (χ1) is 13.3. The van der Waals surface area contributed by atoms with E-state index in [-0.39, 0.29) is 6.03 Å². The summed E-state index contributed by atoms with van der Waals surface area (Å²) in [4.78, 5) is 14.3. The molecule has 1 unspecified atom stereocenters. The Morgan fingerprint density at radius 2 is 1.78 bits per heavy atom. The second kappa shape index (κ2) is 6.87. The van der Waals surface area contributed by atoms with Crippen LogP contribution in [0.25, 0.3) is 21.8 Å². The summed E-state index contributed by atoms with van der Waals surface area (Å²) in [6.45, 7) is 4.03. The van der Waals surface area contributed by atoms with Crippen LogP contribution in [0, 0.1) is 0 Å². The van der Waals surface area contributed by atoms with Gasteiger partial charge in [-0.1, -0.05) is 18.2 Å². The van der Waals surface area contributed by atoms with Crippen LogP contribution in [-0.4, -0.2) is 55.0 Å². The average molecular weight is 365 g/mol. The van der Waals surface area contributed by atoms with E-state index < -0.39 is 0 Å². The Hall–Kier alpha value is -2.57. The maximum Gasteiger partial charge on any atom is 0.321 e. The molecule has 2 aliphatic rings. The quantitative estimate of drug-likeness (QED) is 0.755. The van der Waals surface area contributed by atoms with Gasteiger partial charge in [-0.05, 0) is 30.7 Å². The van der Waals surface area contributed by atoms with Crippen LogP contribution in [0.1, 0.15) is 12.5 Å². The van der Waals surface area contributed by atoms with Crippen molar-refractivity contribution in [3.05, 3.63) is 42.5 Å². The van der Waals surface area contributed by atoms with E-state index in [0.29, 0.717) is 32.3 Å². The van der Waals surface area contributed by atoms with Gasteiger partial charge in [-0.15, -0.1) is 0 Å². The van der Waals surface area contributed by atoms with Crippen molar-refractivity contribution in [3.63, 3.8) is 0 Å². The minimum absolute atomic E-state index is 0.0643. The lowest BCUT2D eigenvalue weighted by atomic mass is 10.1. The van der Waals surface area contributed by atoms with Gasteiger partial charge >= 0.3 is 6.03 Å². The summed E-state index contributed by atoms with van der Waals surface area (Å²) in [5.41, 5.74) is 3.24. The molecule has 2 aliphatic heterocycles. The Balaban J connectivity index is 1.53. The fourth-order valence-corrected chi connectivity index (χ4v) is 4.17.